The monoisotopic (exact) mass is 186 g/mol. The molecular weight excluding hydrogens is 176 g/mol. The Morgan fingerprint density at radius 1 is 1.43 bits per heavy atom. The molecule has 2 aromatic rings. The molecule has 0 atom stereocenters. The third-order valence-corrected chi connectivity index (χ3v) is 2.20. The van der Waals surface area contributed by atoms with Crippen molar-refractivity contribution in [3.63, 3.8) is 0 Å². The minimum absolute atomic E-state index is 0.0366. The van der Waals surface area contributed by atoms with Crippen molar-refractivity contribution >= 4 is 17.0 Å². The smallest absolute Gasteiger partial charge is 0.261 e. The summed E-state index contributed by atoms with van der Waals surface area (Å²) in [7, 11) is 1.69. The van der Waals surface area contributed by atoms with E-state index in [0.29, 0.717) is 16.7 Å². The molecule has 3 heteroatoms. The number of aromatic nitrogens is 2. The first-order valence-electron chi connectivity index (χ1n) is 4.32. The van der Waals surface area contributed by atoms with Gasteiger partial charge in [0.25, 0.3) is 5.56 Å². The van der Waals surface area contributed by atoms with Crippen molar-refractivity contribution in [1.82, 2.24) is 9.55 Å². The van der Waals surface area contributed by atoms with Crippen LogP contribution in [0.4, 0.5) is 0 Å². The summed E-state index contributed by atoms with van der Waals surface area (Å²) in [5.41, 5.74) is 0.677. The fourth-order valence-electron chi connectivity index (χ4n) is 1.42. The highest BCUT2D eigenvalue weighted by Gasteiger charge is 2.03. The maximum absolute atomic E-state index is 11.8. The Morgan fingerprint density at radius 2 is 2.14 bits per heavy atom. The largest absolute Gasteiger partial charge is 0.296 e. The lowest BCUT2D eigenvalue weighted by molar-refractivity contribution is 0.828. The molecule has 0 bridgehead atoms. The maximum atomic E-state index is 11.8. The molecular formula is C11H10N2O. The van der Waals surface area contributed by atoms with E-state index < -0.39 is 0 Å². The number of benzene rings is 1. The number of hydrogen-bond acceptors (Lipinski definition) is 2. The second kappa shape index (κ2) is 3.10. The van der Waals surface area contributed by atoms with Crippen LogP contribution in [-0.4, -0.2) is 9.55 Å². The number of para-hydroxylation sites is 1. The Labute approximate surface area is 81.3 Å². The van der Waals surface area contributed by atoms with Crippen LogP contribution >= 0.6 is 0 Å². The van der Waals surface area contributed by atoms with Crippen LogP contribution < -0.4 is 5.56 Å². The number of nitrogens with zero attached hydrogens (tertiary/aromatic N) is 2. The van der Waals surface area contributed by atoms with Gasteiger partial charge in [-0.1, -0.05) is 18.7 Å². The molecule has 0 fully saturated rings. The zero-order valence-electron chi connectivity index (χ0n) is 7.90. The van der Waals surface area contributed by atoms with Crippen LogP contribution in [0.5, 0.6) is 0 Å². The molecule has 0 amide bonds. The summed E-state index contributed by atoms with van der Waals surface area (Å²) in [6.07, 6.45) is 1.58. The number of fused-ring (bicyclic) bond motifs is 1. The van der Waals surface area contributed by atoms with Crippen molar-refractivity contribution in [2.75, 3.05) is 0 Å². The molecule has 0 aliphatic heterocycles. The molecule has 3 nitrogen and oxygen atoms in total. The molecule has 2 rings (SSSR count). The average molecular weight is 186 g/mol. The number of rotatable bonds is 1. The van der Waals surface area contributed by atoms with Gasteiger partial charge in [-0.15, -0.1) is 0 Å². The minimum Gasteiger partial charge on any atom is -0.296 e. The second-order valence-corrected chi connectivity index (χ2v) is 3.06. The topological polar surface area (TPSA) is 34.9 Å². The molecule has 14 heavy (non-hydrogen) atoms. The van der Waals surface area contributed by atoms with Crippen LogP contribution in [0.1, 0.15) is 5.82 Å². The first-order chi connectivity index (χ1) is 6.74. The standard InChI is InChI=1S/C11H10N2O/c1-3-10-12-9-7-5-4-6-8(9)11(14)13(10)2/h3-7H,1H2,2H3. The van der Waals surface area contributed by atoms with E-state index in [9.17, 15) is 4.79 Å². The highest BCUT2D eigenvalue weighted by molar-refractivity contribution is 5.78. The molecule has 1 aromatic heterocycles. The first kappa shape index (κ1) is 8.69. The van der Waals surface area contributed by atoms with Gasteiger partial charge < -0.3 is 0 Å². The van der Waals surface area contributed by atoms with Crippen LogP contribution in [0.25, 0.3) is 17.0 Å². The van der Waals surface area contributed by atoms with Crippen LogP contribution in [0.2, 0.25) is 0 Å². The SMILES string of the molecule is C=Cc1nc2ccccc2c(=O)n1C. The maximum Gasteiger partial charge on any atom is 0.261 e. The van der Waals surface area contributed by atoms with Gasteiger partial charge in [-0.2, -0.15) is 0 Å². The Bertz CT molecular complexity index is 555. The molecule has 1 aromatic carbocycles. The molecule has 0 unspecified atom stereocenters. The quantitative estimate of drug-likeness (QED) is 0.677. The third-order valence-electron chi connectivity index (χ3n) is 2.20. The zero-order valence-corrected chi connectivity index (χ0v) is 7.90. The van der Waals surface area contributed by atoms with Crippen molar-refractivity contribution in [1.29, 1.82) is 0 Å². The van der Waals surface area contributed by atoms with Crippen LogP contribution in [0, 0.1) is 0 Å². The lowest BCUT2D eigenvalue weighted by Crippen LogP contribution is -2.20. The first-order valence-corrected chi connectivity index (χ1v) is 4.32. The van der Waals surface area contributed by atoms with Gasteiger partial charge in [0.05, 0.1) is 10.9 Å². The van der Waals surface area contributed by atoms with Gasteiger partial charge in [-0.3, -0.25) is 9.36 Å². The number of hydrogen-bond donors (Lipinski definition) is 0. The molecule has 0 radical (unpaired) electrons. The van der Waals surface area contributed by atoms with E-state index in [1.165, 1.54) is 4.57 Å². The summed E-state index contributed by atoms with van der Waals surface area (Å²) >= 11 is 0. The Balaban J connectivity index is 2.99. The molecule has 0 spiro atoms. The van der Waals surface area contributed by atoms with E-state index in [2.05, 4.69) is 11.6 Å². The van der Waals surface area contributed by atoms with Crippen LogP contribution in [0.15, 0.2) is 35.6 Å². The molecule has 0 saturated carbocycles. The summed E-state index contributed by atoms with van der Waals surface area (Å²) in [6.45, 7) is 3.62. The van der Waals surface area contributed by atoms with Crippen molar-refractivity contribution in [2.45, 2.75) is 0 Å². The van der Waals surface area contributed by atoms with Crippen molar-refractivity contribution in [3.05, 3.63) is 47.0 Å². The van der Waals surface area contributed by atoms with E-state index in [0.717, 1.165) is 0 Å². The molecule has 0 N–H and O–H groups in total. The summed E-state index contributed by atoms with van der Waals surface area (Å²) in [5, 5.41) is 0.639. The summed E-state index contributed by atoms with van der Waals surface area (Å²) in [5.74, 6) is 0.591. The summed E-state index contributed by atoms with van der Waals surface area (Å²) in [6, 6.07) is 7.29. The summed E-state index contributed by atoms with van der Waals surface area (Å²) in [4.78, 5) is 16.1. The highest BCUT2D eigenvalue weighted by Crippen LogP contribution is 2.07. The third kappa shape index (κ3) is 1.14. The van der Waals surface area contributed by atoms with Gasteiger partial charge in [0, 0.05) is 7.05 Å². The lowest BCUT2D eigenvalue weighted by atomic mass is 10.2. The van der Waals surface area contributed by atoms with Crippen molar-refractivity contribution in [3.8, 4) is 0 Å². The van der Waals surface area contributed by atoms with E-state index in [1.807, 2.05) is 18.2 Å². The van der Waals surface area contributed by atoms with Gasteiger partial charge >= 0.3 is 0 Å². The molecule has 1 heterocycles. The zero-order chi connectivity index (χ0) is 10.1. The Morgan fingerprint density at radius 3 is 2.86 bits per heavy atom. The van der Waals surface area contributed by atoms with Crippen molar-refractivity contribution < 1.29 is 0 Å². The second-order valence-electron chi connectivity index (χ2n) is 3.06. The molecule has 0 aliphatic carbocycles. The van der Waals surface area contributed by atoms with Gasteiger partial charge in [0.15, 0.2) is 0 Å². The van der Waals surface area contributed by atoms with E-state index in [4.69, 9.17) is 0 Å². The van der Waals surface area contributed by atoms with E-state index in [-0.39, 0.29) is 5.56 Å². The van der Waals surface area contributed by atoms with Gasteiger partial charge in [0.1, 0.15) is 5.82 Å². The predicted octanol–water partition coefficient (Wildman–Crippen LogP) is 1.58. The van der Waals surface area contributed by atoms with E-state index in [1.54, 1.807) is 19.2 Å². The van der Waals surface area contributed by atoms with Gasteiger partial charge in [-0.25, -0.2) is 4.98 Å². The summed E-state index contributed by atoms with van der Waals surface area (Å²) < 4.78 is 1.50. The molecule has 0 saturated heterocycles. The normalized spacial score (nSPS) is 10.4. The average Bonchev–Trinajstić information content (AvgIpc) is 2.23. The molecule has 70 valence electrons. The van der Waals surface area contributed by atoms with Gasteiger partial charge in [0.2, 0.25) is 0 Å². The van der Waals surface area contributed by atoms with E-state index >= 15 is 0 Å². The lowest BCUT2D eigenvalue weighted by Gasteiger charge is -2.04. The fraction of sp³-hybridized carbons (Fsp3) is 0.0909. The van der Waals surface area contributed by atoms with Crippen LogP contribution in [0.3, 0.4) is 0 Å². The minimum atomic E-state index is -0.0366. The van der Waals surface area contributed by atoms with Crippen LogP contribution in [-0.2, 0) is 7.05 Å². The highest BCUT2D eigenvalue weighted by atomic mass is 16.1. The van der Waals surface area contributed by atoms with Crippen molar-refractivity contribution in [2.24, 2.45) is 7.05 Å². The Kier molecular flexibility index (Phi) is 1.93. The molecule has 0 aliphatic rings. The fourth-order valence-corrected chi connectivity index (χ4v) is 1.42. The Hall–Kier alpha value is -1.90. The van der Waals surface area contributed by atoms with Gasteiger partial charge in [-0.05, 0) is 18.2 Å². The predicted molar refractivity (Wildman–Crippen MR) is 57.1 cm³/mol.